The molecule has 0 aromatic heterocycles. The van der Waals surface area contributed by atoms with Crippen molar-refractivity contribution in [3.05, 3.63) is 47.5 Å². The van der Waals surface area contributed by atoms with E-state index >= 15 is 0 Å². The largest absolute Gasteiger partial charge is 0.493 e. The molecule has 2 aromatic rings. The van der Waals surface area contributed by atoms with Crippen molar-refractivity contribution in [2.24, 2.45) is 0 Å². The van der Waals surface area contributed by atoms with Crippen molar-refractivity contribution in [2.75, 3.05) is 27.6 Å². The molecule has 142 valence electrons. The summed E-state index contributed by atoms with van der Waals surface area (Å²) in [5.74, 6) is 2.92. The van der Waals surface area contributed by atoms with E-state index in [9.17, 15) is 4.79 Å². The molecular formula is C21H23NO5. The van der Waals surface area contributed by atoms with Gasteiger partial charge in [-0.25, -0.2) is 0 Å². The molecule has 6 heteroatoms. The zero-order chi connectivity index (χ0) is 18.9. The van der Waals surface area contributed by atoms with Crippen molar-refractivity contribution in [3.63, 3.8) is 0 Å². The molecule has 0 saturated heterocycles. The van der Waals surface area contributed by atoms with E-state index in [4.69, 9.17) is 18.9 Å². The number of methoxy groups -OCH3 is 2. The van der Waals surface area contributed by atoms with Crippen molar-refractivity contribution in [1.29, 1.82) is 0 Å². The van der Waals surface area contributed by atoms with Crippen LogP contribution >= 0.6 is 0 Å². The number of amides is 1. The molecule has 2 aromatic carbocycles. The maximum Gasteiger partial charge on any atom is 0.231 e. The van der Waals surface area contributed by atoms with Crippen molar-refractivity contribution in [2.45, 2.75) is 24.7 Å². The van der Waals surface area contributed by atoms with Crippen LogP contribution in [0, 0.1) is 0 Å². The van der Waals surface area contributed by atoms with Crippen LogP contribution < -0.4 is 24.3 Å². The van der Waals surface area contributed by atoms with Crippen LogP contribution in [0.4, 0.5) is 0 Å². The summed E-state index contributed by atoms with van der Waals surface area (Å²) in [7, 11) is 3.23. The van der Waals surface area contributed by atoms with Crippen LogP contribution in [0.15, 0.2) is 36.4 Å². The van der Waals surface area contributed by atoms with Gasteiger partial charge >= 0.3 is 0 Å². The summed E-state index contributed by atoms with van der Waals surface area (Å²) in [5.41, 5.74) is 1.65. The molecule has 0 radical (unpaired) electrons. The van der Waals surface area contributed by atoms with Crippen LogP contribution in [0.25, 0.3) is 0 Å². The lowest BCUT2D eigenvalue weighted by molar-refractivity contribution is -0.123. The van der Waals surface area contributed by atoms with E-state index in [-0.39, 0.29) is 12.7 Å². The van der Waals surface area contributed by atoms with Crippen molar-refractivity contribution in [3.8, 4) is 23.0 Å². The fourth-order valence-electron chi connectivity index (χ4n) is 3.49. The van der Waals surface area contributed by atoms with Gasteiger partial charge in [-0.15, -0.1) is 0 Å². The summed E-state index contributed by atoms with van der Waals surface area (Å²) in [4.78, 5) is 12.8. The standard InChI is InChI=1S/C21H23NO5/c1-24-16-5-3-14(11-18(16)25-2)7-10-22-20(23)21(8-9-21)15-4-6-17-19(12-15)27-13-26-17/h3-6,11-12H,7-10,13H2,1-2H3,(H,22,23). The number of hydrogen-bond donors (Lipinski definition) is 1. The molecule has 1 amide bonds. The van der Waals surface area contributed by atoms with Crippen LogP contribution in [0.2, 0.25) is 0 Å². The molecule has 1 fully saturated rings. The monoisotopic (exact) mass is 369 g/mol. The van der Waals surface area contributed by atoms with Crippen LogP contribution in [0.5, 0.6) is 23.0 Å². The smallest absolute Gasteiger partial charge is 0.231 e. The van der Waals surface area contributed by atoms with E-state index in [0.717, 1.165) is 41.9 Å². The van der Waals surface area contributed by atoms with Gasteiger partial charge in [0.15, 0.2) is 23.0 Å². The van der Waals surface area contributed by atoms with Gasteiger partial charge in [0.05, 0.1) is 19.6 Å². The zero-order valence-electron chi connectivity index (χ0n) is 15.5. The van der Waals surface area contributed by atoms with E-state index in [2.05, 4.69) is 5.32 Å². The van der Waals surface area contributed by atoms with Crippen molar-refractivity contribution < 1.29 is 23.7 Å². The Hall–Kier alpha value is -2.89. The summed E-state index contributed by atoms with van der Waals surface area (Å²) >= 11 is 0. The molecule has 0 unspecified atom stereocenters. The maximum atomic E-state index is 12.8. The highest BCUT2D eigenvalue weighted by atomic mass is 16.7. The number of carbonyl (C=O) groups is 1. The van der Waals surface area contributed by atoms with E-state index in [1.165, 1.54) is 0 Å². The lowest BCUT2D eigenvalue weighted by Crippen LogP contribution is -2.35. The van der Waals surface area contributed by atoms with Crippen LogP contribution in [0.3, 0.4) is 0 Å². The van der Waals surface area contributed by atoms with Crippen LogP contribution in [-0.4, -0.2) is 33.5 Å². The second kappa shape index (κ2) is 7.02. The molecule has 1 saturated carbocycles. The third-order valence-electron chi connectivity index (χ3n) is 5.26. The van der Waals surface area contributed by atoms with Gasteiger partial charge in [-0.05, 0) is 54.7 Å². The predicted octanol–water partition coefficient (Wildman–Crippen LogP) is 2.82. The number of benzene rings is 2. The van der Waals surface area contributed by atoms with Gasteiger partial charge in [0.2, 0.25) is 12.7 Å². The van der Waals surface area contributed by atoms with Gasteiger partial charge < -0.3 is 24.3 Å². The molecule has 0 atom stereocenters. The minimum atomic E-state index is -0.432. The zero-order valence-corrected chi connectivity index (χ0v) is 15.5. The Labute approximate surface area is 158 Å². The molecule has 1 aliphatic carbocycles. The first-order chi connectivity index (χ1) is 13.2. The molecule has 0 bridgehead atoms. The van der Waals surface area contributed by atoms with Gasteiger partial charge in [0, 0.05) is 6.54 Å². The number of rotatable bonds is 7. The average Bonchev–Trinajstić information content (AvgIpc) is 3.38. The lowest BCUT2D eigenvalue weighted by Gasteiger charge is -2.16. The Morgan fingerprint density at radius 1 is 1.04 bits per heavy atom. The van der Waals surface area contributed by atoms with E-state index in [1.54, 1.807) is 14.2 Å². The van der Waals surface area contributed by atoms with Crippen molar-refractivity contribution >= 4 is 5.91 Å². The Morgan fingerprint density at radius 2 is 1.81 bits per heavy atom. The third kappa shape index (κ3) is 3.27. The highest BCUT2D eigenvalue weighted by molar-refractivity contribution is 5.91. The molecule has 1 N–H and O–H groups in total. The average molecular weight is 369 g/mol. The predicted molar refractivity (Wildman–Crippen MR) is 99.7 cm³/mol. The topological polar surface area (TPSA) is 66.0 Å². The fourth-order valence-corrected chi connectivity index (χ4v) is 3.49. The first-order valence-corrected chi connectivity index (χ1v) is 9.05. The molecule has 1 aliphatic heterocycles. The van der Waals surface area contributed by atoms with E-state index < -0.39 is 5.41 Å². The summed E-state index contributed by atoms with van der Waals surface area (Å²) in [5, 5.41) is 3.08. The molecule has 1 heterocycles. The van der Waals surface area contributed by atoms with Gasteiger partial charge in [-0.1, -0.05) is 12.1 Å². The van der Waals surface area contributed by atoms with Crippen LogP contribution in [0.1, 0.15) is 24.0 Å². The first-order valence-electron chi connectivity index (χ1n) is 9.05. The molecule has 4 rings (SSSR count). The number of ether oxygens (including phenoxy) is 4. The summed E-state index contributed by atoms with van der Waals surface area (Å²) in [6, 6.07) is 11.6. The molecular weight excluding hydrogens is 346 g/mol. The molecule has 6 nitrogen and oxygen atoms in total. The Morgan fingerprint density at radius 3 is 2.56 bits per heavy atom. The number of carbonyl (C=O) groups excluding carboxylic acids is 1. The van der Waals surface area contributed by atoms with E-state index in [1.807, 2.05) is 36.4 Å². The minimum Gasteiger partial charge on any atom is -0.493 e. The minimum absolute atomic E-state index is 0.0711. The van der Waals surface area contributed by atoms with Gasteiger partial charge in [0.25, 0.3) is 0 Å². The maximum absolute atomic E-state index is 12.8. The number of fused-ring (bicyclic) bond motifs is 1. The quantitative estimate of drug-likeness (QED) is 0.813. The Kier molecular flexibility index (Phi) is 4.56. The van der Waals surface area contributed by atoms with Crippen LogP contribution in [-0.2, 0) is 16.6 Å². The second-order valence-corrected chi connectivity index (χ2v) is 6.85. The third-order valence-corrected chi connectivity index (χ3v) is 5.26. The summed E-state index contributed by atoms with van der Waals surface area (Å²) < 4.78 is 21.4. The SMILES string of the molecule is COc1ccc(CCNC(=O)C2(c3ccc4c(c3)OCO4)CC2)cc1OC. The van der Waals surface area contributed by atoms with Gasteiger partial charge in [0.1, 0.15) is 0 Å². The van der Waals surface area contributed by atoms with E-state index in [0.29, 0.717) is 18.0 Å². The highest BCUT2D eigenvalue weighted by Crippen LogP contribution is 2.50. The first kappa shape index (κ1) is 17.5. The van der Waals surface area contributed by atoms with Crippen molar-refractivity contribution in [1.82, 2.24) is 5.32 Å². The second-order valence-electron chi connectivity index (χ2n) is 6.85. The molecule has 27 heavy (non-hydrogen) atoms. The number of nitrogens with one attached hydrogen (secondary N) is 1. The Balaban J connectivity index is 1.38. The lowest BCUT2D eigenvalue weighted by atomic mass is 9.94. The fraction of sp³-hybridized carbons (Fsp3) is 0.381. The highest BCUT2D eigenvalue weighted by Gasteiger charge is 2.51. The summed E-state index contributed by atoms with van der Waals surface area (Å²) in [6.45, 7) is 0.809. The molecule has 0 spiro atoms. The van der Waals surface area contributed by atoms with Gasteiger partial charge in [-0.2, -0.15) is 0 Å². The Bertz CT molecular complexity index is 860. The molecule has 2 aliphatic rings. The normalized spacial score (nSPS) is 15.9. The number of hydrogen-bond acceptors (Lipinski definition) is 5. The van der Waals surface area contributed by atoms with Gasteiger partial charge in [-0.3, -0.25) is 4.79 Å². The summed E-state index contributed by atoms with van der Waals surface area (Å²) in [6.07, 6.45) is 2.44.